The van der Waals surface area contributed by atoms with E-state index in [0.717, 1.165) is 22.3 Å². The highest BCUT2D eigenvalue weighted by atomic mass is 79.9. The van der Waals surface area contributed by atoms with Crippen molar-refractivity contribution in [2.24, 2.45) is 0 Å². The number of hydrogen-bond donors (Lipinski definition) is 1. The summed E-state index contributed by atoms with van der Waals surface area (Å²) in [5.41, 5.74) is 2.45. The van der Waals surface area contributed by atoms with Gasteiger partial charge in [0.2, 0.25) is 0 Å². The first-order chi connectivity index (χ1) is 8.70. The van der Waals surface area contributed by atoms with Gasteiger partial charge >= 0.3 is 0 Å². The predicted molar refractivity (Wildman–Crippen MR) is 75.7 cm³/mol. The van der Waals surface area contributed by atoms with E-state index in [2.05, 4.69) is 33.2 Å². The molecule has 96 valence electrons. The van der Waals surface area contributed by atoms with Crippen LogP contribution in [0.3, 0.4) is 0 Å². The maximum absolute atomic E-state index is 12.1. The van der Waals surface area contributed by atoms with Crippen LogP contribution in [0.5, 0.6) is 0 Å². The summed E-state index contributed by atoms with van der Waals surface area (Å²) in [5.74, 6) is -0.0532. The number of hydrogen-bond acceptors (Lipinski definition) is 3. The zero-order chi connectivity index (χ0) is 13.0. The molecule has 0 unspecified atom stereocenters. The van der Waals surface area contributed by atoms with E-state index in [4.69, 9.17) is 0 Å². The fourth-order valence-electron chi connectivity index (χ4n) is 1.68. The molecule has 1 N–H and O–H groups in total. The van der Waals surface area contributed by atoms with Gasteiger partial charge in [0.15, 0.2) is 0 Å². The molecule has 0 aliphatic rings. The zero-order valence-corrected chi connectivity index (χ0v) is 12.4. The van der Waals surface area contributed by atoms with Gasteiger partial charge in [0.1, 0.15) is 5.69 Å². The highest BCUT2D eigenvalue weighted by Gasteiger charge is 2.12. The molecule has 0 fully saturated rings. The van der Waals surface area contributed by atoms with Crippen LogP contribution in [0.4, 0.5) is 0 Å². The Hall–Kier alpha value is -1.14. The van der Waals surface area contributed by atoms with Crippen LogP contribution < -0.4 is 5.32 Å². The molecule has 4 nitrogen and oxygen atoms in total. The molecule has 2 rings (SSSR count). The lowest BCUT2D eigenvalue weighted by Gasteiger charge is -2.07. The highest BCUT2D eigenvalue weighted by Crippen LogP contribution is 2.16. The summed E-state index contributed by atoms with van der Waals surface area (Å²) in [6, 6.07) is 1.84. The summed E-state index contributed by atoms with van der Waals surface area (Å²) in [4.78, 5) is 17.1. The zero-order valence-electron chi connectivity index (χ0n) is 10.0. The number of nitrogens with zero attached hydrogens (tertiary/aromatic N) is 2. The van der Waals surface area contributed by atoms with Crippen molar-refractivity contribution in [1.82, 2.24) is 14.9 Å². The van der Waals surface area contributed by atoms with E-state index in [1.807, 2.05) is 16.8 Å². The number of carbonyl (C=O) groups excluding carboxylic acids is 1. The summed E-state index contributed by atoms with van der Waals surface area (Å²) >= 11 is 4.94. The average molecular weight is 328 g/mol. The van der Waals surface area contributed by atoms with Gasteiger partial charge in [-0.05, 0) is 28.4 Å². The quantitative estimate of drug-likeness (QED) is 0.917. The van der Waals surface area contributed by atoms with Gasteiger partial charge in [-0.25, -0.2) is 0 Å². The van der Waals surface area contributed by atoms with Crippen molar-refractivity contribution in [1.29, 1.82) is 0 Å². The van der Waals surface area contributed by atoms with Crippen molar-refractivity contribution in [3.8, 4) is 0 Å². The Morgan fingerprint density at radius 3 is 3.11 bits per heavy atom. The van der Waals surface area contributed by atoms with Gasteiger partial charge in [-0.3, -0.25) is 9.78 Å². The summed E-state index contributed by atoms with van der Waals surface area (Å²) in [6.45, 7) is 3.46. The van der Waals surface area contributed by atoms with Crippen LogP contribution in [0.1, 0.15) is 28.7 Å². The van der Waals surface area contributed by atoms with Gasteiger partial charge in [-0.2, -0.15) is 0 Å². The van der Waals surface area contributed by atoms with Crippen LogP contribution in [-0.4, -0.2) is 15.5 Å². The topological polar surface area (TPSA) is 46.9 Å². The SMILES string of the molecule is CCCn1cc(Br)cc1C(=O)NCc1cncs1. The van der Waals surface area contributed by atoms with Crippen LogP contribution in [0.2, 0.25) is 0 Å². The molecule has 2 heterocycles. The number of amides is 1. The number of nitrogens with one attached hydrogen (secondary N) is 1. The van der Waals surface area contributed by atoms with E-state index in [1.54, 1.807) is 11.7 Å². The second kappa shape index (κ2) is 6.15. The van der Waals surface area contributed by atoms with Crippen LogP contribution in [-0.2, 0) is 13.1 Å². The van der Waals surface area contributed by atoms with Gasteiger partial charge in [0.25, 0.3) is 5.91 Å². The number of aryl methyl sites for hydroxylation is 1. The van der Waals surface area contributed by atoms with Crippen LogP contribution in [0.15, 0.2) is 28.4 Å². The van der Waals surface area contributed by atoms with E-state index >= 15 is 0 Å². The minimum Gasteiger partial charge on any atom is -0.346 e. The molecule has 1 amide bonds. The maximum Gasteiger partial charge on any atom is 0.268 e. The van der Waals surface area contributed by atoms with Crippen LogP contribution in [0.25, 0.3) is 0 Å². The number of thiazole rings is 1. The fourth-order valence-corrected chi connectivity index (χ4v) is 2.68. The van der Waals surface area contributed by atoms with E-state index in [1.165, 1.54) is 11.3 Å². The molecule has 0 aliphatic heterocycles. The number of halogens is 1. The van der Waals surface area contributed by atoms with Crippen LogP contribution >= 0.6 is 27.3 Å². The average Bonchev–Trinajstić information content (AvgIpc) is 2.96. The molecule has 0 saturated heterocycles. The second-order valence-corrected chi connectivity index (χ2v) is 5.77. The molecule has 0 aromatic carbocycles. The molecule has 6 heteroatoms. The smallest absolute Gasteiger partial charge is 0.268 e. The van der Waals surface area contributed by atoms with Crippen molar-refractivity contribution in [3.05, 3.63) is 39.0 Å². The van der Waals surface area contributed by atoms with Gasteiger partial charge < -0.3 is 9.88 Å². The lowest BCUT2D eigenvalue weighted by atomic mass is 10.3. The normalized spacial score (nSPS) is 10.6. The van der Waals surface area contributed by atoms with Crippen LogP contribution in [0, 0.1) is 0 Å². The number of carbonyl (C=O) groups is 1. The summed E-state index contributed by atoms with van der Waals surface area (Å²) < 4.78 is 2.89. The Morgan fingerprint density at radius 1 is 1.61 bits per heavy atom. The van der Waals surface area contributed by atoms with E-state index < -0.39 is 0 Å². The molecule has 18 heavy (non-hydrogen) atoms. The molecular weight excluding hydrogens is 314 g/mol. The first kappa shape index (κ1) is 13.3. The first-order valence-electron chi connectivity index (χ1n) is 5.72. The van der Waals surface area contributed by atoms with E-state index in [9.17, 15) is 4.79 Å². The van der Waals surface area contributed by atoms with Crippen molar-refractivity contribution in [2.75, 3.05) is 0 Å². The monoisotopic (exact) mass is 327 g/mol. The summed E-state index contributed by atoms with van der Waals surface area (Å²) in [7, 11) is 0. The minimum atomic E-state index is -0.0532. The lowest BCUT2D eigenvalue weighted by Crippen LogP contribution is -2.25. The van der Waals surface area contributed by atoms with Gasteiger partial charge in [0.05, 0.1) is 12.1 Å². The van der Waals surface area contributed by atoms with Crippen molar-refractivity contribution < 1.29 is 4.79 Å². The Bertz CT molecular complexity index is 521. The first-order valence-corrected chi connectivity index (χ1v) is 7.39. The summed E-state index contributed by atoms with van der Waals surface area (Å²) in [5, 5.41) is 2.90. The lowest BCUT2D eigenvalue weighted by molar-refractivity contribution is 0.0942. The Kier molecular flexibility index (Phi) is 4.54. The van der Waals surface area contributed by atoms with Gasteiger partial charge in [0, 0.05) is 28.3 Å². The second-order valence-electron chi connectivity index (χ2n) is 3.89. The standard InChI is InChI=1S/C12H14BrN3OS/c1-2-3-16-7-9(13)4-11(16)12(17)15-6-10-5-14-8-18-10/h4-5,7-8H,2-3,6H2,1H3,(H,15,17). The number of aromatic nitrogens is 2. The third-order valence-electron chi connectivity index (χ3n) is 2.47. The maximum atomic E-state index is 12.1. The van der Waals surface area contributed by atoms with E-state index in [-0.39, 0.29) is 5.91 Å². The van der Waals surface area contributed by atoms with Crippen molar-refractivity contribution >= 4 is 33.2 Å². The largest absolute Gasteiger partial charge is 0.346 e. The molecule has 2 aromatic rings. The summed E-state index contributed by atoms with van der Waals surface area (Å²) in [6.07, 6.45) is 4.70. The Balaban J connectivity index is 2.03. The van der Waals surface area contributed by atoms with Crippen molar-refractivity contribution in [2.45, 2.75) is 26.4 Å². The molecule has 0 spiro atoms. The third-order valence-corrected chi connectivity index (χ3v) is 3.68. The predicted octanol–water partition coefficient (Wildman–Crippen LogP) is 3.05. The third kappa shape index (κ3) is 3.20. The molecule has 0 aliphatic carbocycles. The minimum absolute atomic E-state index is 0.0532. The molecular formula is C12H14BrN3OS. The van der Waals surface area contributed by atoms with E-state index in [0.29, 0.717) is 12.2 Å². The van der Waals surface area contributed by atoms with Crippen molar-refractivity contribution in [3.63, 3.8) is 0 Å². The molecule has 2 aromatic heterocycles. The number of rotatable bonds is 5. The fraction of sp³-hybridized carbons (Fsp3) is 0.333. The Labute approximate surface area is 118 Å². The molecule has 0 atom stereocenters. The van der Waals surface area contributed by atoms with Gasteiger partial charge in [-0.15, -0.1) is 11.3 Å². The Morgan fingerprint density at radius 2 is 2.44 bits per heavy atom. The van der Waals surface area contributed by atoms with Gasteiger partial charge in [-0.1, -0.05) is 6.92 Å². The highest BCUT2D eigenvalue weighted by molar-refractivity contribution is 9.10. The molecule has 0 bridgehead atoms. The molecule has 0 radical (unpaired) electrons. The molecule has 0 saturated carbocycles.